The van der Waals surface area contributed by atoms with E-state index < -0.39 is 46.9 Å². The van der Waals surface area contributed by atoms with Gasteiger partial charge in [-0.25, -0.2) is 14.6 Å². The number of fused-ring (bicyclic) bond motifs is 3. The number of ether oxygens (including phenoxy) is 2. The number of urea groups is 1. The van der Waals surface area contributed by atoms with Gasteiger partial charge in [-0.1, -0.05) is 74.6 Å². The molecule has 292 valence electrons. The van der Waals surface area contributed by atoms with Gasteiger partial charge in [0.15, 0.2) is 0 Å². The average molecular weight is 752 g/mol. The Balaban J connectivity index is 1.35. The molecular formula is C43H53N5O7. The largest absolute Gasteiger partial charge is 0.497 e. The van der Waals surface area contributed by atoms with Crippen molar-refractivity contribution in [1.29, 1.82) is 0 Å². The Morgan fingerprint density at radius 1 is 0.982 bits per heavy atom. The van der Waals surface area contributed by atoms with E-state index in [1.165, 1.54) is 4.90 Å². The van der Waals surface area contributed by atoms with Crippen molar-refractivity contribution in [1.82, 2.24) is 25.8 Å². The Kier molecular flexibility index (Phi) is 11.3. The van der Waals surface area contributed by atoms with E-state index in [0.29, 0.717) is 42.1 Å². The number of carboxylic acids is 1. The molecule has 1 saturated heterocycles. The van der Waals surface area contributed by atoms with Crippen LogP contribution in [0.2, 0.25) is 0 Å². The number of amides is 4. The summed E-state index contributed by atoms with van der Waals surface area (Å²) in [6.07, 6.45) is 12.1. The third-order valence-corrected chi connectivity index (χ3v) is 12.2. The fourth-order valence-corrected chi connectivity index (χ4v) is 9.23. The summed E-state index contributed by atoms with van der Waals surface area (Å²) in [7, 11) is 3.15. The predicted molar refractivity (Wildman–Crippen MR) is 209 cm³/mol. The number of carbonyl (C=O) groups excluding carboxylic acids is 3. The Bertz CT molecular complexity index is 1930. The van der Waals surface area contributed by atoms with Crippen LogP contribution in [0.15, 0.2) is 66.7 Å². The Labute approximate surface area is 322 Å². The van der Waals surface area contributed by atoms with Gasteiger partial charge >= 0.3 is 12.0 Å². The zero-order chi connectivity index (χ0) is 38.6. The molecule has 1 aromatic heterocycles. The van der Waals surface area contributed by atoms with E-state index in [-0.39, 0.29) is 31.2 Å². The molecule has 12 heteroatoms. The fourth-order valence-electron chi connectivity index (χ4n) is 9.23. The van der Waals surface area contributed by atoms with Crippen molar-refractivity contribution in [2.75, 3.05) is 27.2 Å². The lowest BCUT2D eigenvalue weighted by molar-refractivity contribution is -0.150. The van der Waals surface area contributed by atoms with Crippen LogP contribution in [-0.2, 0) is 14.4 Å². The molecule has 3 heterocycles. The van der Waals surface area contributed by atoms with E-state index in [0.717, 1.165) is 62.3 Å². The minimum atomic E-state index is -1.75. The summed E-state index contributed by atoms with van der Waals surface area (Å²) in [4.78, 5) is 63.7. The highest BCUT2D eigenvalue weighted by atomic mass is 16.5. The van der Waals surface area contributed by atoms with Crippen LogP contribution in [0.4, 0.5) is 4.79 Å². The number of hydrogen-bond donors (Lipinski definition) is 4. The maximum Gasteiger partial charge on any atom is 0.330 e. The predicted octanol–water partition coefficient (Wildman–Crippen LogP) is 6.23. The molecule has 2 aliphatic heterocycles. The molecule has 12 nitrogen and oxygen atoms in total. The zero-order valence-corrected chi connectivity index (χ0v) is 31.9. The van der Waals surface area contributed by atoms with E-state index in [2.05, 4.69) is 16.0 Å². The van der Waals surface area contributed by atoms with Crippen molar-refractivity contribution in [3.05, 3.63) is 66.7 Å². The summed E-state index contributed by atoms with van der Waals surface area (Å²) in [5.41, 5.74) is -1.09. The highest BCUT2D eigenvalue weighted by molar-refractivity contribution is 6.01. The van der Waals surface area contributed by atoms with E-state index in [1.54, 1.807) is 14.2 Å². The van der Waals surface area contributed by atoms with Crippen LogP contribution >= 0.6 is 0 Å². The molecule has 3 aromatic rings. The fraction of sp³-hybridized carbons (Fsp3) is 0.512. The quantitative estimate of drug-likeness (QED) is 0.197. The summed E-state index contributed by atoms with van der Waals surface area (Å²) in [5, 5.41) is 20.2. The van der Waals surface area contributed by atoms with Gasteiger partial charge in [0, 0.05) is 49.0 Å². The Morgan fingerprint density at radius 2 is 1.75 bits per heavy atom. The van der Waals surface area contributed by atoms with Crippen molar-refractivity contribution in [2.24, 2.45) is 17.8 Å². The van der Waals surface area contributed by atoms with Crippen molar-refractivity contribution in [3.63, 3.8) is 0 Å². The van der Waals surface area contributed by atoms with Gasteiger partial charge in [-0.3, -0.25) is 9.59 Å². The van der Waals surface area contributed by atoms with Gasteiger partial charge in [-0.2, -0.15) is 0 Å². The van der Waals surface area contributed by atoms with Crippen LogP contribution in [-0.4, -0.2) is 83.2 Å². The molecule has 2 aromatic carbocycles. The van der Waals surface area contributed by atoms with Gasteiger partial charge in [0.1, 0.15) is 28.7 Å². The van der Waals surface area contributed by atoms with Crippen molar-refractivity contribution in [3.8, 4) is 22.8 Å². The SMILES string of the molecule is CNC(=O)C(C1CCCCC1)C12CC(Oc3cc(-c4ccccc4)nc4cc(OC)ccc34)CN1C(=O)NCCCCCC/C=C\C1CC1(C(=O)O)NC2=O. The second-order valence-corrected chi connectivity index (χ2v) is 15.6. The molecule has 5 unspecified atom stereocenters. The lowest BCUT2D eigenvalue weighted by atomic mass is 9.67. The van der Waals surface area contributed by atoms with Crippen molar-refractivity contribution >= 4 is 34.7 Å². The number of benzene rings is 2. The first-order valence-corrected chi connectivity index (χ1v) is 19.9. The minimum absolute atomic E-state index is 0.00348. The second-order valence-electron chi connectivity index (χ2n) is 15.6. The van der Waals surface area contributed by atoms with Gasteiger partial charge in [0.2, 0.25) is 11.8 Å². The molecule has 0 bridgehead atoms. The lowest BCUT2D eigenvalue weighted by Crippen LogP contribution is -2.69. The highest BCUT2D eigenvalue weighted by Gasteiger charge is 2.67. The Morgan fingerprint density at radius 3 is 2.49 bits per heavy atom. The number of nitrogens with zero attached hydrogens (tertiary/aromatic N) is 2. The summed E-state index contributed by atoms with van der Waals surface area (Å²) in [5.74, 6) is -2.54. The van der Waals surface area contributed by atoms with Gasteiger partial charge in [-0.05, 0) is 56.6 Å². The van der Waals surface area contributed by atoms with E-state index >= 15 is 4.79 Å². The second kappa shape index (κ2) is 16.3. The molecule has 2 saturated carbocycles. The molecular weight excluding hydrogens is 699 g/mol. The topological polar surface area (TPSA) is 159 Å². The average Bonchev–Trinajstić information content (AvgIpc) is 3.78. The molecule has 0 radical (unpaired) electrons. The van der Waals surface area contributed by atoms with Crippen LogP contribution in [0.5, 0.6) is 11.5 Å². The molecule has 55 heavy (non-hydrogen) atoms. The number of aliphatic carboxylic acids is 1. The number of allylic oxidation sites excluding steroid dienone is 1. The number of nitrogens with one attached hydrogen (secondary N) is 3. The summed E-state index contributed by atoms with van der Waals surface area (Å²) in [6.45, 7) is 0.407. The van der Waals surface area contributed by atoms with Crippen LogP contribution in [0.1, 0.15) is 77.0 Å². The monoisotopic (exact) mass is 751 g/mol. The summed E-state index contributed by atoms with van der Waals surface area (Å²) in [6, 6.07) is 16.7. The third kappa shape index (κ3) is 7.60. The number of aromatic nitrogens is 1. The smallest absolute Gasteiger partial charge is 0.330 e. The molecule has 0 spiro atoms. The standard InChI is InChI=1S/C43H53N5O7/c1-44-38(49)37(29-17-11-8-12-18-29)43-26-32(55-36-24-34(28-15-9-7-10-16-28)46-35-23-31(54-2)20-21-33(35)36)27-48(43)41(53)45-22-14-6-4-3-5-13-19-30-25-42(30,40(51)52)47-39(43)50/h7,9-10,13,15-16,19-21,23-24,29-30,32,37H,3-6,8,11-12,14,17-18,22,25-27H2,1-2H3,(H,44,49)(H,45,53)(H,47,50)(H,51,52)/b19-13-. The van der Waals surface area contributed by atoms with Gasteiger partial charge in [-0.15, -0.1) is 0 Å². The first kappa shape index (κ1) is 38.2. The first-order valence-electron chi connectivity index (χ1n) is 19.9. The summed E-state index contributed by atoms with van der Waals surface area (Å²) >= 11 is 0. The summed E-state index contributed by atoms with van der Waals surface area (Å²) < 4.78 is 12.5. The van der Waals surface area contributed by atoms with Crippen LogP contribution in [0, 0.1) is 17.8 Å². The van der Waals surface area contributed by atoms with Crippen molar-refractivity contribution in [2.45, 2.75) is 94.2 Å². The number of hydrogen-bond acceptors (Lipinski definition) is 7. The molecule has 3 fully saturated rings. The maximum absolute atomic E-state index is 15.3. The lowest BCUT2D eigenvalue weighted by Gasteiger charge is -2.46. The molecule has 4 N–H and O–H groups in total. The van der Waals surface area contributed by atoms with Crippen LogP contribution < -0.4 is 25.4 Å². The number of rotatable bonds is 8. The molecule has 4 aliphatic rings. The van der Waals surface area contributed by atoms with Gasteiger partial charge in [0.05, 0.1) is 30.8 Å². The maximum atomic E-state index is 15.3. The molecule has 4 amide bonds. The number of carbonyl (C=O) groups is 4. The van der Waals surface area contributed by atoms with Gasteiger partial charge < -0.3 is 35.4 Å². The van der Waals surface area contributed by atoms with Crippen molar-refractivity contribution < 1.29 is 33.8 Å². The number of carboxylic acid groups (broad SMARTS) is 1. The minimum Gasteiger partial charge on any atom is -0.497 e. The number of pyridine rings is 1. The van der Waals surface area contributed by atoms with E-state index in [1.807, 2.05) is 66.7 Å². The number of methoxy groups -OCH3 is 1. The van der Waals surface area contributed by atoms with Crippen LogP contribution in [0.25, 0.3) is 22.2 Å². The zero-order valence-electron chi connectivity index (χ0n) is 31.9. The van der Waals surface area contributed by atoms with Crippen LogP contribution in [0.3, 0.4) is 0 Å². The Hall–Kier alpha value is -5.13. The first-order chi connectivity index (χ1) is 26.7. The van der Waals surface area contributed by atoms with Gasteiger partial charge in [0.25, 0.3) is 0 Å². The molecule has 2 aliphatic carbocycles. The molecule has 7 rings (SSSR count). The highest BCUT2D eigenvalue weighted by Crippen LogP contribution is 2.50. The third-order valence-electron chi connectivity index (χ3n) is 12.2. The molecule has 5 atom stereocenters. The van der Waals surface area contributed by atoms with E-state index in [4.69, 9.17) is 14.5 Å². The van der Waals surface area contributed by atoms with E-state index in [9.17, 15) is 19.5 Å². The normalized spacial score (nSPS) is 27.5.